The van der Waals surface area contributed by atoms with Crippen LogP contribution in [0.1, 0.15) is 11.1 Å². The number of phenols is 1. The van der Waals surface area contributed by atoms with E-state index in [-0.39, 0.29) is 20.7 Å². The molecule has 0 spiro atoms. The van der Waals surface area contributed by atoms with Gasteiger partial charge in [0.1, 0.15) is 13.6 Å². The van der Waals surface area contributed by atoms with Gasteiger partial charge in [-0.15, -0.1) is 0 Å². The van der Waals surface area contributed by atoms with Crippen LogP contribution in [0.2, 0.25) is 0 Å². The van der Waals surface area contributed by atoms with Crippen molar-refractivity contribution in [2.24, 2.45) is 0 Å². The number of carbonyl (C=O) groups is 1. The Labute approximate surface area is 185 Å². The number of hydrogen-bond donors (Lipinski definition) is 1. The summed E-state index contributed by atoms with van der Waals surface area (Å²) in [6, 6.07) is 6.15. The number of nitrogens with zero attached hydrogens (tertiary/aromatic N) is 1. The fraction of sp³-hybridized carbons (Fsp3) is 0.0588. The van der Waals surface area contributed by atoms with Crippen LogP contribution in [0.5, 0.6) is 5.75 Å². The molecule has 1 amide bonds. The van der Waals surface area contributed by atoms with Gasteiger partial charge in [-0.2, -0.15) is 13.2 Å². The third-order valence-electron chi connectivity index (χ3n) is 3.91. The lowest BCUT2D eigenvalue weighted by atomic mass is 9.93. The predicted molar refractivity (Wildman–Crippen MR) is 119 cm³/mol. The van der Waals surface area contributed by atoms with Crippen LogP contribution in [-0.4, -0.2) is 23.2 Å². The topological polar surface area (TPSA) is 40.5 Å². The first-order valence-corrected chi connectivity index (χ1v) is 10.4. The minimum atomic E-state index is -4.52. The van der Waals surface area contributed by atoms with Crippen LogP contribution in [0.25, 0.3) is 6.08 Å². The fourth-order valence-electron chi connectivity index (χ4n) is 2.53. The Kier molecular flexibility index (Phi) is 6.00. The summed E-state index contributed by atoms with van der Waals surface area (Å²) in [5.41, 5.74) is 0.410. The van der Waals surface area contributed by atoms with Crippen molar-refractivity contribution >= 4 is 91.1 Å². The SMILES string of the molecule is Bc1cc(/C=C2\SC(=S)N(c3cccc(C(F)(F)F)c3)C2=O)c(Br)c(Br)c1O. The Bertz CT molecular complexity index is 1040. The van der Waals surface area contributed by atoms with E-state index >= 15 is 0 Å². The van der Waals surface area contributed by atoms with Crippen molar-refractivity contribution in [3.05, 3.63) is 55.3 Å². The summed E-state index contributed by atoms with van der Waals surface area (Å²) in [6.07, 6.45) is -2.94. The zero-order chi connectivity index (χ0) is 20.8. The standard InChI is InChI=1S/C17H9BBr2F3NO2S2/c18-10-4-7(12(19)13(20)14(10)25)5-11-15(26)24(16(27)28-11)9-3-1-2-8(6-9)17(21,22)23/h1-6,25H,18H2/b11-5-. The molecule has 144 valence electrons. The fourth-order valence-corrected chi connectivity index (χ4v) is 4.77. The van der Waals surface area contributed by atoms with Crippen molar-refractivity contribution in [3.8, 4) is 5.75 Å². The molecule has 0 aliphatic carbocycles. The second-order valence-corrected chi connectivity index (χ2v) is 9.09. The largest absolute Gasteiger partial charge is 0.507 e. The van der Waals surface area contributed by atoms with Crippen LogP contribution >= 0.6 is 55.8 Å². The number of phenolic OH excluding ortho intramolecular Hbond substituents is 1. The van der Waals surface area contributed by atoms with Crippen LogP contribution in [0.15, 0.2) is 44.2 Å². The number of thiocarbonyl (C=S) groups is 1. The number of alkyl halides is 3. The number of anilines is 1. The summed E-state index contributed by atoms with van der Waals surface area (Å²) in [5, 5.41) is 9.96. The van der Waals surface area contributed by atoms with E-state index in [2.05, 4.69) is 31.9 Å². The molecule has 0 bridgehead atoms. The Balaban J connectivity index is 2.01. The zero-order valence-corrected chi connectivity index (χ0v) is 18.8. The van der Waals surface area contributed by atoms with Crippen LogP contribution in [-0.2, 0) is 11.0 Å². The normalized spacial score (nSPS) is 16.3. The van der Waals surface area contributed by atoms with Crippen LogP contribution in [0.3, 0.4) is 0 Å². The van der Waals surface area contributed by atoms with Gasteiger partial charge in [-0.1, -0.05) is 36.1 Å². The summed E-state index contributed by atoms with van der Waals surface area (Å²) in [4.78, 5) is 14.2. The minimum absolute atomic E-state index is 0.0582. The van der Waals surface area contributed by atoms with E-state index in [0.717, 1.165) is 28.8 Å². The summed E-state index contributed by atoms with van der Waals surface area (Å²) in [6.45, 7) is 0. The second kappa shape index (κ2) is 7.85. The van der Waals surface area contributed by atoms with E-state index in [1.54, 1.807) is 20.0 Å². The van der Waals surface area contributed by atoms with Gasteiger partial charge in [-0.3, -0.25) is 9.69 Å². The molecule has 0 aromatic heterocycles. The van der Waals surface area contributed by atoms with Gasteiger partial charge in [0.2, 0.25) is 0 Å². The van der Waals surface area contributed by atoms with Crippen molar-refractivity contribution in [3.63, 3.8) is 0 Å². The van der Waals surface area contributed by atoms with E-state index in [1.807, 2.05) is 0 Å². The summed E-state index contributed by atoms with van der Waals surface area (Å²) >= 11 is 12.8. The molecule has 1 aliphatic heterocycles. The van der Waals surface area contributed by atoms with E-state index < -0.39 is 17.6 Å². The third kappa shape index (κ3) is 4.03. The second-order valence-electron chi connectivity index (χ2n) is 5.82. The highest BCUT2D eigenvalue weighted by molar-refractivity contribution is 9.13. The molecule has 1 aliphatic rings. The average Bonchev–Trinajstić information content (AvgIpc) is 2.90. The lowest BCUT2D eigenvalue weighted by Crippen LogP contribution is -2.27. The maximum atomic E-state index is 13.0. The lowest BCUT2D eigenvalue weighted by Gasteiger charge is -2.16. The number of halogens is 5. The van der Waals surface area contributed by atoms with Gasteiger partial charge in [0.25, 0.3) is 5.91 Å². The maximum absolute atomic E-state index is 13.0. The van der Waals surface area contributed by atoms with Crippen molar-refractivity contribution in [1.82, 2.24) is 0 Å². The van der Waals surface area contributed by atoms with E-state index in [0.29, 0.717) is 20.0 Å². The van der Waals surface area contributed by atoms with Gasteiger partial charge in [-0.05, 0) is 67.2 Å². The summed E-state index contributed by atoms with van der Waals surface area (Å²) in [5.74, 6) is -0.441. The molecule has 0 atom stereocenters. The molecule has 2 aromatic carbocycles. The first-order valence-electron chi connectivity index (χ1n) is 7.63. The molecule has 0 saturated carbocycles. The molecular weight excluding hydrogens is 542 g/mol. The zero-order valence-electron chi connectivity index (χ0n) is 14.0. The molecule has 0 radical (unpaired) electrons. The smallest absolute Gasteiger partial charge is 0.416 e. The quantitative estimate of drug-likeness (QED) is 0.337. The molecule has 0 unspecified atom stereocenters. The van der Waals surface area contributed by atoms with Crippen LogP contribution in [0.4, 0.5) is 18.9 Å². The van der Waals surface area contributed by atoms with Crippen molar-refractivity contribution in [2.45, 2.75) is 6.18 Å². The highest BCUT2D eigenvalue weighted by atomic mass is 79.9. The number of hydrogen-bond acceptors (Lipinski definition) is 4. The monoisotopic (exact) mass is 549 g/mol. The number of rotatable bonds is 2. The Morgan fingerprint density at radius 1 is 1.21 bits per heavy atom. The third-order valence-corrected chi connectivity index (χ3v) is 7.37. The number of thioether (sulfide) groups is 1. The molecule has 1 fully saturated rings. The van der Waals surface area contributed by atoms with E-state index in [1.165, 1.54) is 12.1 Å². The van der Waals surface area contributed by atoms with Crippen molar-refractivity contribution in [1.29, 1.82) is 0 Å². The number of amides is 1. The summed E-state index contributed by atoms with van der Waals surface area (Å²) < 4.78 is 40.1. The first-order chi connectivity index (χ1) is 13.0. The summed E-state index contributed by atoms with van der Waals surface area (Å²) in [7, 11) is 1.71. The lowest BCUT2D eigenvalue weighted by molar-refractivity contribution is -0.137. The minimum Gasteiger partial charge on any atom is -0.507 e. The van der Waals surface area contributed by atoms with Gasteiger partial charge in [0, 0.05) is 4.47 Å². The number of aromatic hydroxyl groups is 1. The molecular formula is C17H9BBr2F3NO2S2. The van der Waals surface area contributed by atoms with Crippen LogP contribution in [0, 0.1) is 0 Å². The van der Waals surface area contributed by atoms with Gasteiger partial charge < -0.3 is 5.11 Å². The van der Waals surface area contributed by atoms with Gasteiger partial charge in [0.05, 0.1) is 20.6 Å². The van der Waals surface area contributed by atoms with E-state index in [4.69, 9.17) is 12.2 Å². The first kappa shape index (κ1) is 21.4. The molecule has 3 nitrogen and oxygen atoms in total. The molecule has 1 heterocycles. The number of benzene rings is 2. The molecule has 1 N–H and O–H groups in total. The molecule has 1 saturated heterocycles. The van der Waals surface area contributed by atoms with Crippen molar-refractivity contribution < 1.29 is 23.1 Å². The predicted octanol–water partition coefficient (Wildman–Crippen LogP) is 4.60. The Morgan fingerprint density at radius 2 is 1.89 bits per heavy atom. The van der Waals surface area contributed by atoms with E-state index in [9.17, 15) is 23.1 Å². The molecule has 28 heavy (non-hydrogen) atoms. The van der Waals surface area contributed by atoms with Gasteiger partial charge >= 0.3 is 6.18 Å². The number of carbonyl (C=O) groups excluding carboxylic acids is 1. The Hall–Kier alpha value is -1.30. The van der Waals surface area contributed by atoms with Gasteiger partial charge in [0.15, 0.2) is 4.32 Å². The molecule has 2 aromatic rings. The highest BCUT2D eigenvalue weighted by Gasteiger charge is 2.36. The molecule has 3 rings (SSSR count). The van der Waals surface area contributed by atoms with Crippen LogP contribution < -0.4 is 10.4 Å². The maximum Gasteiger partial charge on any atom is 0.416 e. The Morgan fingerprint density at radius 3 is 2.54 bits per heavy atom. The highest BCUT2D eigenvalue weighted by Crippen LogP contribution is 2.40. The average molecular weight is 551 g/mol. The van der Waals surface area contributed by atoms with Crippen molar-refractivity contribution in [2.75, 3.05) is 4.90 Å². The van der Waals surface area contributed by atoms with Gasteiger partial charge in [-0.25, -0.2) is 0 Å². The molecule has 11 heteroatoms.